The molecule has 0 saturated carbocycles. The highest BCUT2D eigenvalue weighted by molar-refractivity contribution is 7.91. The van der Waals surface area contributed by atoms with E-state index in [-0.39, 0.29) is 36.4 Å². The molecular formula is C21H23NO5S. The number of rotatable bonds is 5. The molecule has 0 radical (unpaired) electrons. The number of nitrogens with zero attached hydrogens (tertiary/aromatic N) is 1. The Hall–Kier alpha value is -2.54. The zero-order chi connectivity index (χ0) is 19.9. The number of carbonyl (C=O) groups is 1. The van der Waals surface area contributed by atoms with Crippen molar-refractivity contribution in [3.05, 3.63) is 59.2 Å². The Bertz CT molecular complexity index is 1110. The lowest BCUT2D eigenvalue weighted by molar-refractivity contribution is -0.133. The van der Waals surface area contributed by atoms with E-state index in [0.29, 0.717) is 12.2 Å². The van der Waals surface area contributed by atoms with Gasteiger partial charge >= 0.3 is 0 Å². The van der Waals surface area contributed by atoms with Gasteiger partial charge in [0.25, 0.3) is 0 Å². The summed E-state index contributed by atoms with van der Waals surface area (Å²) in [6, 6.07) is 7.25. The van der Waals surface area contributed by atoms with E-state index in [9.17, 15) is 13.2 Å². The molecule has 2 aromatic heterocycles. The van der Waals surface area contributed by atoms with Gasteiger partial charge in [0.15, 0.2) is 9.84 Å². The predicted octanol–water partition coefficient (Wildman–Crippen LogP) is 3.40. The molecule has 6 nitrogen and oxygen atoms in total. The van der Waals surface area contributed by atoms with Crippen LogP contribution >= 0.6 is 0 Å². The average Bonchev–Trinajstić information content (AvgIpc) is 3.33. The molecule has 3 heterocycles. The van der Waals surface area contributed by atoms with E-state index in [0.717, 1.165) is 27.7 Å². The fourth-order valence-electron chi connectivity index (χ4n) is 4.03. The quantitative estimate of drug-likeness (QED) is 0.655. The minimum atomic E-state index is -3.10. The molecule has 1 aliphatic heterocycles. The summed E-state index contributed by atoms with van der Waals surface area (Å²) >= 11 is 0. The second kappa shape index (κ2) is 7.13. The molecule has 1 saturated heterocycles. The molecule has 1 fully saturated rings. The molecule has 1 aliphatic rings. The zero-order valence-corrected chi connectivity index (χ0v) is 16.8. The Morgan fingerprint density at radius 3 is 2.75 bits per heavy atom. The van der Waals surface area contributed by atoms with Crippen molar-refractivity contribution in [3.63, 3.8) is 0 Å². The van der Waals surface area contributed by atoms with Crippen LogP contribution < -0.4 is 0 Å². The molecule has 3 aromatic rings. The topological polar surface area (TPSA) is 80.7 Å². The van der Waals surface area contributed by atoms with Gasteiger partial charge in [-0.1, -0.05) is 6.07 Å². The maximum absolute atomic E-state index is 13.2. The summed E-state index contributed by atoms with van der Waals surface area (Å²) in [6.45, 7) is 4.27. The molecule has 4 rings (SSSR count). The Kier molecular flexibility index (Phi) is 4.79. The molecule has 1 amide bonds. The maximum Gasteiger partial charge on any atom is 0.227 e. The van der Waals surface area contributed by atoms with Gasteiger partial charge in [-0.05, 0) is 49.6 Å². The minimum Gasteiger partial charge on any atom is -0.467 e. The van der Waals surface area contributed by atoms with Crippen LogP contribution in [0.3, 0.4) is 0 Å². The summed E-state index contributed by atoms with van der Waals surface area (Å²) in [5.74, 6) is 0.638. The van der Waals surface area contributed by atoms with Gasteiger partial charge in [-0.3, -0.25) is 4.79 Å². The molecule has 0 N–H and O–H groups in total. The second-order valence-electron chi connectivity index (χ2n) is 7.55. The van der Waals surface area contributed by atoms with Crippen molar-refractivity contribution in [3.8, 4) is 0 Å². The van der Waals surface area contributed by atoms with Gasteiger partial charge in [-0.25, -0.2) is 8.42 Å². The van der Waals surface area contributed by atoms with Gasteiger partial charge in [0.05, 0.1) is 37.0 Å². The van der Waals surface area contributed by atoms with Crippen LogP contribution in [0.5, 0.6) is 0 Å². The fraction of sp³-hybridized carbons (Fsp3) is 0.381. The number of aryl methyl sites for hydroxylation is 2. The third-order valence-electron chi connectivity index (χ3n) is 5.31. The van der Waals surface area contributed by atoms with E-state index in [4.69, 9.17) is 8.83 Å². The molecule has 148 valence electrons. The van der Waals surface area contributed by atoms with Crippen LogP contribution in [0.4, 0.5) is 0 Å². The lowest BCUT2D eigenvalue weighted by Gasteiger charge is -2.27. The van der Waals surface area contributed by atoms with Crippen molar-refractivity contribution >= 4 is 26.7 Å². The van der Waals surface area contributed by atoms with E-state index >= 15 is 0 Å². The normalized spacial score (nSPS) is 18.6. The number of fused-ring (bicyclic) bond motifs is 1. The highest BCUT2D eigenvalue weighted by Gasteiger charge is 2.35. The summed E-state index contributed by atoms with van der Waals surface area (Å²) < 4.78 is 35.0. The van der Waals surface area contributed by atoms with Gasteiger partial charge in [-0.2, -0.15) is 0 Å². The molecule has 0 bridgehead atoms. The molecule has 7 heteroatoms. The van der Waals surface area contributed by atoms with Crippen LogP contribution in [-0.2, 0) is 27.6 Å². The first-order valence-electron chi connectivity index (χ1n) is 9.32. The van der Waals surface area contributed by atoms with Crippen molar-refractivity contribution < 1.29 is 22.0 Å². The summed E-state index contributed by atoms with van der Waals surface area (Å²) in [7, 11) is -3.10. The highest BCUT2D eigenvalue weighted by Crippen LogP contribution is 2.28. The van der Waals surface area contributed by atoms with Crippen LogP contribution in [0, 0.1) is 13.8 Å². The molecular weight excluding hydrogens is 378 g/mol. The van der Waals surface area contributed by atoms with E-state index in [1.54, 1.807) is 29.6 Å². The van der Waals surface area contributed by atoms with E-state index in [1.807, 2.05) is 19.9 Å². The first kappa shape index (κ1) is 18.8. The average molecular weight is 401 g/mol. The molecule has 1 aromatic carbocycles. The molecule has 1 atom stereocenters. The van der Waals surface area contributed by atoms with E-state index in [1.165, 1.54) is 0 Å². The summed E-state index contributed by atoms with van der Waals surface area (Å²) in [5.41, 5.74) is 3.75. The van der Waals surface area contributed by atoms with Crippen LogP contribution in [-0.4, -0.2) is 36.8 Å². The largest absolute Gasteiger partial charge is 0.467 e. The van der Waals surface area contributed by atoms with Gasteiger partial charge < -0.3 is 13.7 Å². The van der Waals surface area contributed by atoms with E-state index in [2.05, 4.69) is 6.07 Å². The van der Waals surface area contributed by atoms with E-state index < -0.39 is 9.84 Å². The SMILES string of the molecule is Cc1cc(C)c2c(CC(=O)N(Cc3ccco3)C3CCS(=O)(=O)C3)coc2c1. The number of hydrogen-bond donors (Lipinski definition) is 0. The fourth-order valence-corrected chi connectivity index (χ4v) is 5.76. The maximum atomic E-state index is 13.2. The van der Waals surface area contributed by atoms with Crippen molar-refractivity contribution in [2.24, 2.45) is 0 Å². The third-order valence-corrected chi connectivity index (χ3v) is 7.06. The van der Waals surface area contributed by atoms with Crippen molar-refractivity contribution in [2.75, 3.05) is 11.5 Å². The molecule has 0 spiro atoms. The number of carbonyl (C=O) groups excluding carboxylic acids is 1. The standard InChI is InChI=1S/C21H23NO5S/c1-14-8-15(2)21-16(12-27-19(21)9-14)10-20(23)22(11-18-4-3-6-26-18)17-5-7-28(24,25)13-17/h3-4,6,8-9,12,17H,5,7,10-11,13H2,1-2H3. The number of sulfone groups is 1. The van der Waals surface area contributed by atoms with Crippen molar-refractivity contribution in [1.82, 2.24) is 4.90 Å². The third kappa shape index (κ3) is 3.71. The Labute approximate surface area is 164 Å². The first-order valence-corrected chi connectivity index (χ1v) is 11.1. The van der Waals surface area contributed by atoms with Crippen LogP contribution in [0.15, 0.2) is 45.6 Å². The Balaban J connectivity index is 1.62. The summed E-state index contributed by atoms with van der Waals surface area (Å²) in [4.78, 5) is 14.8. The van der Waals surface area contributed by atoms with Gasteiger partial charge in [0.2, 0.25) is 5.91 Å². The van der Waals surface area contributed by atoms with Crippen molar-refractivity contribution in [1.29, 1.82) is 0 Å². The monoisotopic (exact) mass is 401 g/mol. The number of furan rings is 2. The Morgan fingerprint density at radius 2 is 2.07 bits per heavy atom. The number of benzene rings is 1. The lowest BCUT2D eigenvalue weighted by Crippen LogP contribution is -2.41. The van der Waals surface area contributed by atoms with Gasteiger partial charge in [0.1, 0.15) is 11.3 Å². The number of amides is 1. The molecule has 28 heavy (non-hydrogen) atoms. The Morgan fingerprint density at radius 1 is 1.25 bits per heavy atom. The smallest absolute Gasteiger partial charge is 0.227 e. The number of hydrogen-bond acceptors (Lipinski definition) is 5. The van der Waals surface area contributed by atoms with Crippen LogP contribution in [0.1, 0.15) is 28.9 Å². The summed E-state index contributed by atoms with van der Waals surface area (Å²) in [6.07, 6.45) is 3.80. The minimum absolute atomic E-state index is 0.00378. The first-order chi connectivity index (χ1) is 13.3. The zero-order valence-electron chi connectivity index (χ0n) is 16.0. The second-order valence-corrected chi connectivity index (χ2v) is 9.78. The highest BCUT2D eigenvalue weighted by atomic mass is 32.2. The van der Waals surface area contributed by atoms with Crippen LogP contribution in [0.25, 0.3) is 11.0 Å². The lowest BCUT2D eigenvalue weighted by atomic mass is 10.0. The van der Waals surface area contributed by atoms with Gasteiger partial charge in [0, 0.05) is 17.0 Å². The van der Waals surface area contributed by atoms with Gasteiger partial charge in [-0.15, -0.1) is 0 Å². The summed E-state index contributed by atoms with van der Waals surface area (Å²) in [5, 5.41) is 0.955. The van der Waals surface area contributed by atoms with Crippen molar-refractivity contribution in [2.45, 2.75) is 39.3 Å². The predicted molar refractivity (Wildman–Crippen MR) is 106 cm³/mol. The molecule has 1 unspecified atom stereocenters. The van der Waals surface area contributed by atoms with Crippen LogP contribution in [0.2, 0.25) is 0 Å². The molecule has 0 aliphatic carbocycles.